The van der Waals surface area contributed by atoms with Crippen molar-refractivity contribution < 1.29 is 9.59 Å². The molecule has 4 aliphatic rings. The van der Waals surface area contributed by atoms with Gasteiger partial charge < -0.3 is 10.6 Å². The van der Waals surface area contributed by atoms with Crippen LogP contribution in [0.3, 0.4) is 0 Å². The zero-order valence-corrected chi connectivity index (χ0v) is 40.3. The molecule has 4 aromatic rings. The van der Waals surface area contributed by atoms with Crippen LogP contribution >= 0.6 is 73.9 Å². The van der Waals surface area contributed by atoms with Gasteiger partial charge in [0.25, 0.3) is 11.8 Å². The Kier molecular flexibility index (Phi) is 16.2. The number of hydrogen-bond donors (Lipinski definition) is 2. The topological polar surface area (TPSA) is 89.4 Å². The summed E-state index contributed by atoms with van der Waals surface area (Å²) in [6, 6.07) is 26.6. The Labute approximate surface area is 398 Å². The number of hydrazone groups is 2. The molecule has 14 heteroatoms. The van der Waals surface area contributed by atoms with E-state index in [0.717, 1.165) is 65.5 Å². The van der Waals surface area contributed by atoms with Crippen LogP contribution in [0.1, 0.15) is 114 Å². The minimum absolute atomic E-state index is 0.0749. The van der Waals surface area contributed by atoms with Crippen LogP contribution in [0.2, 0.25) is 25.1 Å². The van der Waals surface area contributed by atoms with Crippen molar-refractivity contribution in [2.75, 3.05) is 10.0 Å². The molecule has 328 valence electrons. The third-order valence-corrected chi connectivity index (χ3v) is 14.2. The Morgan fingerprint density at radius 2 is 0.887 bits per heavy atom. The average Bonchev–Trinajstić information content (AvgIpc) is 3.47. The summed E-state index contributed by atoms with van der Waals surface area (Å²) in [7, 11) is 0. The van der Waals surface area contributed by atoms with Crippen LogP contribution in [-0.2, 0) is 9.59 Å². The fraction of sp³-hybridized carbons (Fsp3) is 0.417. The molecule has 2 saturated carbocycles. The first kappa shape index (κ1) is 46.7. The number of rotatable bonds is 8. The Balaban J connectivity index is 0.000000186. The average molecular weight is 1000 g/mol. The molecule has 0 unspecified atom stereocenters. The van der Waals surface area contributed by atoms with Crippen LogP contribution < -0.4 is 20.7 Å². The molecular weight excluding hydrogens is 950 g/mol. The number of anilines is 2. The number of benzene rings is 4. The number of amides is 2. The second kappa shape index (κ2) is 21.6. The van der Waals surface area contributed by atoms with Crippen LogP contribution in [0, 0.1) is 11.8 Å². The van der Waals surface area contributed by atoms with E-state index in [1.165, 1.54) is 38.5 Å². The predicted molar refractivity (Wildman–Crippen MR) is 261 cm³/mol. The molecule has 2 aliphatic heterocycles. The van der Waals surface area contributed by atoms with Gasteiger partial charge in [0.15, 0.2) is 0 Å². The summed E-state index contributed by atoms with van der Waals surface area (Å²) in [4.78, 5) is 26.5. The first-order valence-corrected chi connectivity index (χ1v) is 24.3. The highest BCUT2D eigenvalue weighted by molar-refractivity contribution is 9.10. The molecular formula is C48H52BrCl5N6O2. The molecule has 2 fully saturated rings. The van der Waals surface area contributed by atoms with Crippen LogP contribution in [-0.4, -0.2) is 35.3 Å². The second-order valence-electron chi connectivity index (χ2n) is 16.7. The first-order valence-electron chi connectivity index (χ1n) is 21.7. The third-order valence-electron chi connectivity index (χ3n) is 12.3. The smallest absolute Gasteiger partial charge is 0.268 e. The van der Waals surface area contributed by atoms with Crippen LogP contribution in [0.5, 0.6) is 0 Å². The normalized spacial score (nSPS) is 22.2. The summed E-state index contributed by atoms with van der Waals surface area (Å²) in [6.07, 6.45) is 13.8. The van der Waals surface area contributed by atoms with Gasteiger partial charge in [-0.15, -0.1) is 0 Å². The lowest BCUT2D eigenvalue weighted by Crippen LogP contribution is -2.40. The van der Waals surface area contributed by atoms with E-state index >= 15 is 0 Å². The summed E-state index contributed by atoms with van der Waals surface area (Å²) < 4.78 is 1.00. The molecule has 4 atom stereocenters. The minimum Gasteiger partial charge on any atom is -0.348 e. The number of carbonyl (C=O) groups excluding carboxylic acids is 2. The summed E-state index contributed by atoms with van der Waals surface area (Å²) in [5, 5.41) is 22.6. The Bertz CT molecular complexity index is 2100. The highest BCUT2D eigenvalue weighted by Gasteiger charge is 2.42. The molecule has 2 aliphatic carbocycles. The van der Waals surface area contributed by atoms with Crippen LogP contribution in [0.4, 0.5) is 11.4 Å². The second-order valence-corrected chi connectivity index (χ2v) is 19.8. The molecule has 4 aromatic carbocycles. The lowest BCUT2D eigenvalue weighted by Gasteiger charge is -2.27. The maximum atomic E-state index is 13.3. The molecule has 2 N–H and O–H groups in total. The van der Waals surface area contributed by atoms with Crippen LogP contribution in [0.15, 0.2) is 99.6 Å². The zero-order chi connectivity index (χ0) is 43.9. The molecule has 0 bridgehead atoms. The molecule has 0 spiro atoms. The zero-order valence-electron chi connectivity index (χ0n) is 34.9. The van der Waals surface area contributed by atoms with Gasteiger partial charge >= 0.3 is 0 Å². The highest BCUT2D eigenvalue weighted by Crippen LogP contribution is 2.44. The van der Waals surface area contributed by atoms with Crippen molar-refractivity contribution in [2.24, 2.45) is 22.0 Å². The van der Waals surface area contributed by atoms with Gasteiger partial charge in [0.05, 0.1) is 33.5 Å². The van der Waals surface area contributed by atoms with E-state index in [2.05, 4.69) is 45.6 Å². The van der Waals surface area contributed by atoms with Crippen molar-refractivity contribution in [1.82, 2.24) is 10.6 Å². The third kappa shape index (κ3) is 11.3. The van der Waals surface area contributed by atoms with Crippen molar-refractivity contribution >= 4 is 109 Å². The molecule has 62 heavy (non-hydrogen) atoms. The van der Waals surface area contributed by atoms with E-state index in [-0.39, 0.29) is 47.8 Å². The monoisotopic (exact) mass is 998 g/mol. The van der Waals surface area contributed by atoms with Crippen molar-refractivity contribution in [3.63, 3.8) is 0 Å². The van der Waals surface area contributed by atoms with Gasteiger partial charge in [-0.2, -0.15) is 10.2 Å². The highest BCUT2D eigenvalue weighted by atomic mass is 79.9. The van der Waals surface area contributed by atoms with Gasteiger partial charge in [0.2, 0.25) is 0 Å². The number of hydrogen-bond acceptors (Lipinski definition) is 6. The summed E-state index contributed by atoms with van der Waals surface area (Å²) in [5.74, 6) is -0.391. The molecule has 8 nitrogen and oxygen atoms in total. The number of nitrogens with zero attached hydrogens (tertiary/aromatic N) is 4. The Hall–Kier alpha value is -3.31. The minimum atomic E-state index is -0.175. The van der Waals surface area contributed by atoms with E-state index in [1.54, 1.807) is 24.3 Å². The Morgan fingerprint density at radius 1 is 0.532 bits per heavy atom. The van der Waals surface area contributed by atoms with E-state index in [0.29, 0.717) is 36.5 Å². The quantitative estimate of drug-likeness (QED) is 0.172. The molecule has 2 heterocycles. The molecule has 8 rings (SSSR count). The first-order chi connectivity index (χ1) is 29.9. The number of carbonyl (C=O) groups is 2. The van der Waals surface area contributed by atoms with Crippen molar-refractivity contribution in [1.29, 1.82) is 0 Å². The van der Waals surface area contributed by atoms with E-state index in [4.69, 9.17) is 68.2 Å². The van der Waals surface area contributed by atoms with Gasteiger partial charge in [-0.3, -0.25) is 19.6 Å². The number of halogens is 6. The summed E-state index contributed by atoms with van der Waals surface area (Å²) in [6.45, 7) is 4.09. The fourth-order valence-corrected chi connectivity index (χ4v) is 10.4. The SMILES string of the molecule is C[C@@H]1C(C(=O)NC2CCCCCC2)=NN(c2ccc(Cl)cc2Cl)[C@@H]1c1ccc(Br)cc1.C[C@@H]1C(C(=O)NC2CCCCCC2)=NN(c2ccc(Cl)cc2Cl)[C@@H]1c1ccc(Cl)cc1. The van der Waals surface area contributed by atoms with Gasteiger partial charge in [0, 0.05) is 43.5 Å². The van der Waals surface area contributed by atoms with Crippen molar-refractivity contribution in [3.05, 3.63) is 126 Å². The van der Waals surface area contributed by atoms with Crippen molar-refractivity contribution in [2.45, 2.75) is 115 Å². The standard InChI is InChI=1S/C24H26BrCl2N3O.C24H26Cl3N3O/c2*1-15-22(24(31)28-19-6-4-2-3-5-7-19)29-30(21-13-12-18(26)14-20(21)27)23(15)16-8-10-17(25)11-9-16/h2*8-15,19,23H,2-7H2,1H3,(H,28,31)/t2*15-,23+/m11/s1. The summed E-state index contributed by atoms with van der Waals surface area (Å²) >= 11 is 34.9. The molecule has 0 aromatic heterocycles. The molecule has 0 saturated heterocycles. The lowest BCUT2D eigenvalue weighted by atomic mass is 9.90. The Morgan fingerprint density at radius 3 is 1.26 bits per heavy atom. The van der Waals surface area contributed by atoms with Crippen molar-refractivity contribution in [3.8, 4) is 0 Å². The largest absolute Gasteiger partial charge is 0.348 e. The van der Waals surface area contributed by atoms with E-state index in [9.17, 15) is 9.59 Å². The fourth-order valence-electron chi connectivity index (χ4n) is 9.05. The van der Waals surface area contributed by atoms with Crippen LogP contribution in [0.25, 0.3) is 0 Å². The van der Waals surface area contributed by atoms with Gasteiger partial charge in [-0.25, -0.2) is 0 Å². The molecule has 0 radical (unpaired) electrons. The maximum Gasteiger partial charge on any atom is 0.268 e. The maximum absolute atomic E-state index is 13.3. The van der Waals surface area contributed by atoms with E-state index < -0.39 is 0 Å². The van der Waals surface area contributed by atoms with Gasteiger partial charge in [-0.1, -0.05) is 163 Å². The van der Waals surface area contributed by atoms with Gasteiger partial charge in [0.1, 0.15) is 11.4 Å². The molecule has 2 amide bonds. The lowest BCUT2D eigenvalue weighted by molar-refractivity contribution is -0.116. The summed E-state index contributed by atoms with van der Waals surface area (Å²) in [5.41, 5.74) is 4.61. The van der Waals surface area contributed by atoms with Gasteiger partial charge in [-0.05, 0) is 97.5 Å². The predicted octanol–water partition coefficient (Wildman–Crippen LogP) is 14.2. The van der Waals surface area contributed by atoms with E-state index in [1.807, 2.05) is 65.5 Å². The number of nitrogens with one attached hydrogen (secondary N) is 2.